The highest BCUT2D eigenvalue weighted by molar-refractivity contribution is 5.92. The third-order valence-corrected chi connectivity index (χ3v) is 6.47. The van der Waals surface area contributed by atoms with E-state index in [1.807, 2.05) is 56.0 Å². The third kappa shape index (κ3) is 5.29. The Morgan fingerprint density at radius 2 is 1.89 bits per heavy atom. The minimum absolute atomic E-state index is 0.440. The predicted octanol–water partition coefficient (Wildman–Crippen LogP) is 4.61. The molecule has 0 aliphatic carbocycles. The second-order valence-electron chi connectivity index (χ2n) is 9.39. The first-order valence-corrected chi connectivity index (χ1v) is 12.1. The minimum Gasteiger partial charge on any atom is -0.494 e. The molecule has 2 aromatic carbocycles. The van der Waals surface area contributed by atoms with Gasteiger partial charge in [-0.25, -0.2) is 9.97 Å². The molecule has 0 unspecified atom stereocenters. The first-order chi connectivity index (χ1) is 17.7. The average Bonchev–Trinajstić information content (AvgIpc) is 3.19. The number of hydrogen-bond donors (Lipinski definition) is 2. The maximum absolute atomic E-state index is 9.79. The zero-order valence-electron chi connectivity index (χ0n) is 22.5. The summed E-state index contributed by atoms with van der Waals surface area (Å²) in [5.41, 5.74) is 7.00. The quantitative estimate of drug-likeness (QED) is 0.346. The lowest BCUT2D eigenvalue weighted by Gasteiger charge is -2.25. The second-order valence-corrected chi connectivity index (χ2v) is 9.39. The van der Waals surface area contributed by atoms with E-state index in [-0.39, 0.29) is 0 Å². The van der Waals surface area contributed by atoms with Crippen LogP contribution in [0.3, 0.4) is 0 Å². The highest BCUT2D eigenvalue weighted by Crippen LogP contribution is 2.38. The van der Waals surface area contributed by atoms with Gasteiger partial charge in [0.2, 0.25) is 5.95 Å². The van der Waals surface area contributed by atoms with Crippen molar-refractivity contribution >= 4 is 33.9 Å². The van der Waals surface area contributed by atoms with Crippen LogP contribution in [-0.2, 0) is 7.05 Å². The Hall–Kier alpha value is -4.29. The lowest BCUT2D eigenvalue weighted by Crippen LogP contribution is -2.29. The molecule has 4 rings (SSSR count). The molecule has 2 heterocycles. The van der Waals surface area contributed by atoms with Gasteiger partial charge in [-0.1, -0.05) is 0 Å². The van der Waals surface area contributed by atoms with Gasteiger partial charge in [0.1, 0.15) is 11.8 Å². The number of aryl methyl sites for hydroxylation is 2. The van der Waals surface area contributed by atoms with Crippen molar-refractivity contribution in [1.82, 2.24) is 19.4 Å². The van der Waals surface area contributed by atoms with Crippen molar-refractivity contribution < 1.29 is 4.74 Å². The lowest BCUT2D eigenvalue weighted by atomic mass is 10.0. The van der Waals surface area contributed by atoms with E-state index < -0.39 is 0 Å². The van der Waals surface area contributed by atoms with Crippen LogP contribution in [-0.4, -0.2) is 67.8 Å². The molecule has 0 saturated heterocycles. The van der Waals surface area contributed by atoms with Gasteiger partial charge in [0, 0.05) is 63.6 Å². The summed E-state index contributed by atoms with van der Waals surface area (Å²) in [7, 11) is 11.7. The van der Waals surface area contributed by atoms with Gasteiger partial charge in [0.25, 0.3) is 0 Å². The molecule has 0 fully saturated rings. The van der Waals surface area contributed by atoms with Crippen molar-refractivity contribution in [2.75, 3.05) is 63.9 Å². The number of fused-ring (bicyclic) bond motifs is 1. The number of anilines is 4. The van der Waals surface area contributed by atoms with Gasteiger partial charge in [-0.3, -0.25) is 0 Å². The summed E-state index contributed by atoms with van der Waals surface area (Å²) in [6, 6.07) is 12.2. The lowest BCUT2D eigenvalue weighted by molar-refractivity contribution is 0.413. The van der Waals surface area contributed by atoms with E-state index in [2.05, 4.69) is 58.7 Å². The van der Waals surface area contributed by atoms with Crippen LogP contribution in [0.2, 0.25) is 0 Å². The van der Waals surface area contributed by atoms with Crippen LogP contribution >= 0.6 is 0 Å². The van der Waals surface area contributed by atoms with Crippen molar-refractivity contribution in [3.05, 3.63) is 53.9 Å². The van der Waals surface area contributed by atoms with Crippen LogP contribution in [0.4, 0.5) is 23.0 Å². The molecule has 9 nitrogen and oxygen atoms in total. The SMILES string of the molecule is CNc1cc(Nc2nccc(-c3cc(C#N)c4c(c3)c(C)cn4C)n2)c(OC)cc1N(C)CCN(C)C. The van der Waals surface area contributed by atoms with E-state index in [1.54, 1.807) is 13.3 Å². The van der Waals surface area contributed by atoms with Crippen molar-refractivity contribution in [2.24, 2.45) is 7.05 Å². The first kappa shape index (κ1) is 25.8. The van der Waals surface area contributed by atoms with Crippen LogP contribution in [0, 0.1) is 18.3 Å². The van der Waals surface area contributed by atoms with Crippen LogP contribution in [0.15, 0.2) is 42.7 Å². The molecule has 0 aliphatic heterocycles. The summed E-state index contributed by atoms with van der Waals surface area (Å²) in [5.74, 6) is 1.13. The van der Waals surface area contributed by atoms with Gasteiger partial charge in [-0.15, -0.1) is 0 Å². The van der Waals surface area contributed by atoms with Gasteiger partial charge >= 0.3 is 0 Å². The third-order valence-electron chi connectivity index (χ3n) is 6.47. The fourth-order valence-electron chi connectivity index (χ4n) is 4.50. The molecule has 0 radical (unpaired) electrons. The molecule has 0 saturated carbocycles. The number of ether oxygens (including phenoxy) is 1. The summed E-state index contributed by atoms with van der Waals surface area (Å²) < 4.78 is 7.71. The van der Waals surface area contributed by atoms with E-state index >= 15 is 0 Å². The Morgan fingerprint density at radius 1 is 1.11 bits per heavy atom. The number of methoxy groups -OCH3 is 1. The van der Waals surface area contributed by atoms with Gasteiger partial charge in [0.15, 0.2) is 0 Å². The standard InChI is InChI=1S/C28H34N8O/c1-18-17-36(6)27-20(16-29)12-19(13-21(18)27)22-8-9-31-28(32-22)33-24-14-23(30-2)25(15-26(24)37-7)35(5)11-10-34(3)4/h8-9,12-15,17,30H,10-11H2,1-7H3,(H,31,32,33). The van der Waals surface area contributed by atoms with Crippen molar-refractivity contribution in [3.8, 4) is 23.1 Å². The molecule has 192 valence electrons. The van der Waals surface area contributed by atoms with Crippen LogP contribution in [0.1, 0.15) is 11.1 Å². The number of nitriles is 1. The Kier molecular flexibility index (Phi) is 7.50. The average molecular weight is 499 g/mol. The predicted molar refractivity (Wildman–Crippen MR) is 151 cm³/mol. The number of hydrogen-bond acceptors (Lipinski definition) is 8. The van der Waals surface area contributed by atoms with Crippen molar-refractivity contribution in [2.45, 2.75) is 6.92 Å². The molecular weight excluding hydrogens is 464 g/mol. The van der Waals surface area contributed by atoms with Crippen LogP contribution in [0.25, 0.3) is 22.2 Å². The Morgan fingerprint density at radius 3 is 2.57 bits per heavy atom. The minimum atomic E-state index is 0.440. The summed E-state index contributed by atoms with van der Waals surface area (Å²) in [4.78, 5) is 13.6. The maximum Gasteiger partial charge on any atom is 0.227 e. The first-order valence-electron chi connectivity index (χ1n) is 12.1. The van der Waals surface area contributed by atoms with Gasteiger partial charge in [0.05, 0.1) is 40.9 Å². The van der Waals surface area contributed by atoms with Crippen molar-refractivity contribution in [3.63, 3.8) is 0 Å². The fourth-order valence-corrected chi connectivity index (χ4v) is 4.50. The molecule has 0 aliphatic rings. The van der Waals surface area contributed by atoms with E-state index in [4.69, 9.17) is 9.72 Å². The number of rotatable bonds is 9. The second kappa shape index (κ2) is 10.8. The number of aromatic nitrogens is 3. The summed E-state index contributed by atoms with van der Waals surface area (Å²) >= 11 is 0. The van der Waals surface area contributed by atoms with E-state index in [9.17, 15) is 5.26 Å². The topological polar surface area (TPSA) is 94.3 Å². The molecule has 0 spiro atoms. The normalized spacial score (nSPS) is 11.0. The summed E-state index contributed by atoms with van der Waals surface area (Å²) in [6.45, 7) is 3.86. The molecule has 0 amide bonds. The highest BCUT2D eigenvalue weighted by atomic mass is 16.5. The van der Waals surface area contributed by atoms with E-state index in [1.165, 1.54) is 0 Å². The largest absolute Gasteiger partial charge is 0.494 e. The molecule has 0 bridgehead atoms. The van der Waals surface area contributed by atoms with Crippen LogP contribution in [0.5, 0.6) is 5.75 Å². The van der Waals surface area contributed by atoms with Gasteiger partial charge in [-0.2, -0.15) is 5.26 Å². The maximum atomic E-state index is 9.79. The smallest absolute Gasteiger partial charge is 0.227 e. The van der Waals surface area contributed by atoms with E-state index in [0.717, 1.165) is 57.9 Å². The summed E-state index contributed by atoms with van der Waals surface area (Å²) in [6.07, 6.45) is 3.75. The molecule has 37 heavy (non-hydrogen) atoms. The molecular formula is C28H34N8O. The molecule has 2 N–H and O–H groups in total. The number of nitrogens with zero attached hydrogens (tertiary/aromatic N) is 6. The van der Waals surface area contributed by atoms with Gasteiger partial charge < -0.3 is 29.7 Å². The summed E-state index contributed by atoms with van der Waals surface area (Å²) in [5, 5.41) is 17.4. The van der Waals surface area contributed by atoms with Crippen molar-refractivity contribution in [1.29, 1.82) is 5.26 Å². The zero-order chi connectivity index (χ0) is 26.7. The Balaban J connectivity index is 1.69. The molecule has 2 aromatic heterocycles. The molecule has 4 aromatic rings. The van der Waals surface area contributed by atoms with E-state index in [0.29, 0.717) is 17.3 Å². The molecule has 0 atom stereocenters. The van der Waals surface area contributed by atoms with Crippen LogP contribution < -0.4 is 20.3 Å². The highest BCUT2D eigenvalue weighted by Gasteiger charge is 2.16. The fraction of sp³-hybridized carbons (Fsp3) is 0.321. The Bertz CT molecular complexity index is 1470. The molecule has 9 heteroatoms. The van der Waals surface area contributed by atoms with Gasteiger partial charge in [-0.05, 0) is 50.8 Å². The monoisotopic (exact) mass is 498 g/mol. The number of likely N-dealkylation sites (N-methyl/N-ethyl adjacent to an activating group) is 2. The zero-order valence-corrected chi connectivity index (χ0v) is 22.5. The Labute approximate surface area is 218 Å². The number of benzene rings is 2. The number of nitrogens with one attached hydrogen (secondary N) is 2.